The van der Waals surface area contributed by atoms with Crippen molar-refractivity contribution in [2.24, 2.45) is 0 Å². The van der Waals surface area contributed by atoms with Crippen LogP contribution in [0.25, 0.3) is 0 Å². The van der Waals surface area contributed by atoms with Gasteiger partial charge in [0.1, 0.15) is 6.61 Å². The molecule has 0 saturated carbocycles. The van der Waals surface area contributed by atoms with Crippen molar-refractivity contribution < 1.29 is 37.6 Å². The SMILES string of the molecule is CCCCC/C=C\C/C=C\C/C=C\CCCCCCC(=O)OCC(COP(=O)(O)OCCN(C)C)OC(=O)CCCCCCCCCCCCCC. The first-order valence-electron chi connectivity index (χ1n) is 20.8. The first-order chi connectivity index (χ1) is 25.2. The molecule has 0 aromatic carbocycles. The summed E-state index contributed by atoms with van der Waals surface area (Å²) in [5.41, 5.74) is 0. The van der Waals surface area contributed by atoms with E-state index in [-0.39, 0.29) is 32.0 Å². The Balaban J connectivity index is 4.34. The van der Waals surface area contributed by atoms with Gasteiger partial charge in [-0.2, -0.15) is 0 Å². The second-order valence-electron chi connectivity index (χ2n) is 14.2. The molecule has 0 radical (unpaired) electrons. The van der Waals surface area contributed by atoms with Crippen LogP contribution in [0, 0.1) is 0 Å². The number of hydrogen-bond acceptors (Lipinski definition) is 8. The lowest BCUT2D eigenvalue weighted by Gasteiger charge is -2.20. The number of allylic oxidation sites excluding steroid dienone is 6. The molecule has 0 aromatic rings. The number of unbranched alkanes of at least 4 members (excludes halogenated alkanes) is 18. The third-order valence-corrected chi connectivity index (χ3v) is 9.68. The standard InChI is InChI=1S/C42H78NO8P/c1-5-7-9-11-13-15-17-19-20-21-22-23-25-26-28-30-32-34-41(44)48-38-40(39-50-52(46,47)49-37-36-43(3)4)51-42(45)35-33-31-29-27-24-18-16-14-12-10-8-6-2/h13,15,19-20,22-23,40H,5-12,14,16-18,21,24-39H2,1-4H3,(H,46,47)/b15-13-,20-19-,23-22-. The van der Waals surface area contributed by atoms with Gasteiger partial charge in [-0.15, -0.1) is 0 Å². The molecular weight excluding hydrogens is 677 g/mol. The number of likely N-dealkylation sites (N-methyl/N-ethyl adjacent to an activating group) is 1. The topological polar surface area (TPSA) is 112 Å². The van der Waals surface area contributed by atoms with Crippen LogP contribution in [0.2, 0.25) is 0 Å². The number of carbonyl (C=O) groups is 2. The molecule has 0 rings (SSSR count). The van der Waals surface area contributed by atoms with Crippen molar-refractivity contribution in [3.63, 3.8) is 0 Å². The molecule has 0 aliphatic rings. The van der Waals surface area contributed by atoms with Crippen LogP contribution in [0.4, 0.5) is 0 Å². The fourth-order valence-corrected chi connectivity index (χ4v) is 6.20. The van der Waals surface area contributed by atoms with E-state index >= 15 is 0 Å². The highest BCUT2D eigenvalue weighted by Crippen LogP contribution is 2.43. The maximum Gasteiger partial charge on any atom is 0.472 e. The van der Waals surface area contributed by atoms with E-state index in [0.717, 1.165) is 51.4 Å². The van der Waals surface area contributed by atoms with Crippen molar-refractivity contribution in [1.29, 1.82) is 0 Å². The van der Waals surface area contributed by atoms with Gasteiger partial charge in [0.25, 0.3) is 0 Å². The van der Waals surface area contributed by atoms with E-state index in [0.29, 0.717) is 19.4 Å². The summed E-state index contributed by atoms with van der Waals surface area (Å²) >= 11 is 0. The molecule has 0 heterocycles. The van der Waals surface area contributed by atoms with E-state index in [4.69, 9.17) is 18.5 Å². The average molecular weight is 756 g/mol. The molecule has 0 bridgehead atoms. The zero-order valence-electron chi connectivity index (χ0n) is 33.7. The zero-order chi connectivity index (χ0) is 38.4. The number of phosphoric acid groups is 1. The molecule has 10 heteroatoms. The summed E-state index contributed by atoms with van der Waals surface area (Å²) in [6.07, 6.45) is 39.0. The minimum Gasteiger partial charge on any atom is -0.462 e. The van der Waals surface area contributed by atoms with Gasteiger partial charge in [-0.05, 0) is 65.5 Å². The van der Waals surface area contributed by atoms with Crippen molar-refractivity contribution in [3.8, 4) is 0 Å². The van der Waals surface area contributed by atoms with Crippen LogP contribution < -0.4 is 0 Å². The van der Waals surface area contributed by atoms with Crippen molar-refractivity contribution in [3.05, 3.63) is 36.5 Å². The molecule has 0 aliphatic carbocycles. The van der Waals surface area contributed by atoms with Gasteiger partial charge in [-0.1, -0.05) is 147 Å². The van der Waals surface area contributed by atoms with Crippen molar-refractivity contribution >= 4 is 19.8 Å². The Morgan fingerprint density at radius 2 is 1.04 bits per heavy atom. The molecule has 304 valence electrons. The fourth-order valence-electron chi connectivity index (χ4n) is 5.46. The van der Waals surface area contributed by atoms with Crippen LogP contribution in [-0.2, 0) is 32.7 Å². The van der Waals surface area contributed by atoms with Gasteiger partial charge < -0.3 is 19.3 Å². The Morgan fingerprint density at radius 1 is 0.596 bits per heavy atom. The van der Waals surface area contributed by atoms with Crippen molar-refractivity contribution in [2.45, 2.75) is 180 Å². The predicted octanol–water partition coefficient (Wildman–Crippen LogP) is 11.6. The predicted molar refractivity (Wildman–Crippen MR) is 215 cm³/mol. The van der Waals surface area contributed by atoms with E-state index in [1.165, 1.54) is 83.5 Å². The normalized spacial score (nSPS) is 13.8. The second kappa shape index (κ2) is 37.5. The highest BCUT2D eigenvalue weighted by molar-refractivity contribution is 7.47. The lowest BCUT2D eigenvalue weighted by molar-refractivity contribution is -0.161. The summed E-state index contributed by atoms with van der Waals surface area (Å²) in [4.78, 5) is 36.9. The van der Waals surface area contributed by atoms with E-state index in [2.05, 4.69) is 50.3 Å². The fraction of sp³-hybridized carbons (Fsp3) is 0.810. The molecule has 2 unspecified atom stereocenters. The molecular formula is C42H78NO8P. The van der Waals surface area contributed by atoms with Crippen LogP contribution in [0.5, 0.6) is 0 Å². The molecule has 0 spiro atoms. The Bertz CT molecular complexity index is 968. The Kier molecular flexibility index (Phi) is 36.3. The monoisotopic (exact) mass is 756 g/mol. The van der Waals surface area contributed by atoms with Crippen LogP contribution in [-0.4, -0.2) is 68.3 Å². The van der Waals surface area contributed by atoms with Crippen molar-refractivity contribution in [1.82, 2.24) is 4.90 Å². The molecule has 52 heavy (non-hydrogen) atoms. The van der Waals surface area contributed by atoms with Gasteiger partial charge in [-0.3, -0.25) is 18.6 Å². The summed E-state index contributed by atoms with van der Waals surface area (Å²) in [7, 11) is -0.719. The summed E-state index contributed by atoms with van der Waals surface area (Å²) in [6.45, 7) is 4.26. The first-order valence-corrected chi connectivity index (χ1v) is 22.3. The number of phosphoric ester groups is 1. The largest absolute Gasteiger partial charge is 0.472 e. The first kappa shape index (κ1) is 50.2. The van der Waals surface area contributed by atoms with E-state index in [9.17, 15) is 19.0 Å². The van der Waals surface area contributed by atoms with E-state index < -0.39 is 26.5 Å². The summed E-state index contributed by atoms with van der Waals surface area (Å²) in [5.74, 6) is -0.827. The maximum atomic E-state index is 12.6. The van der Waals surface area contributed by atoms with Gasteiger partial charge in [0.15, 0.2) is 6.10 Å². The molecule has 0 aromatic heterocycles. The average Bonchev–Trinajstić information content (AvgIpc) is 3.11. The number of ether oxygens (including phenoxy) is 2. The van der Waals surface area contributed by atoms with Gasteiger partial charge in [0.05, 0.1) is 13.2 Å². The highest BCUT2D eigenvalue weighted by atomic mass is 31.2. The van der Waals surface area contributed by atoms with Crippen LogP contribution in [0.1, 0.15) is 174 Å². The third-order valence-electron chi connectivity index (χ3n) is 8.70. The molecule has 2 atom stereocenters. The third kappa shape index (κ3) is 38.0. The minimum atomic E-state index is -4.36. The highest BCUT2D eigenvalue weighted by Gasteiger charge is 2.26. The molecule has 0 saturated heterocycles. The summed E-state index contributed by atoms with van der Waals surface area (Å²) < 4.78 is 33.4. The minimum absolute atomic E-state index is 0.00414. The van der Waals surface area contributed by atoms with Crippen LogP contribution >= 0.6 is 7.82 Å². The van der Waals surface area contributed by atoms with Crippen LogP contribution in [0.3, 0.4) is 0 Å². The Morgan fingerprint density at radius 3 is 1.58 bits per heavy atom. The van der Waals surface area contributed by atoms with Gasteiger partial charge in [0.2, 0.25) is 0 Å². The molecule has 0 amide bonds. The van der Waals surface area contributed by atoms with E-state index in [1.807, 2.05) is 19.0 Å². The summed E-state index contributed by atoms with van der Waals surface area (Å²) in [5, 5.41) is 0. The lowest BCUT2D eigenvalue weighted by Crippen LogP contribution is -2.29. The Hall–Kier alpha value is -1.77. The smallest absolute Gasteiger partial charge is 0.462 e. The number of hydrogen-bond donors (Lipinski definition) is 1. The maximum absolute atomic E-state index is 12.6. The second-order valence-corrected chi connectivity index (χ2v) is 15.6. The molecule has 9 nitrogen and oxygen atoms in total. The van der Waals surface area contributed by atoms with Gasteiger partial charge in [-0.25, -0.2) is 4.57 Å². The number of carbonyl (C=O) groups excluding carboxylic acids is 2. The summed E-state index contributed by atoms with van der Waals surface area (Å²) in [6, 6.07) is 0. The van der Waals surface area contributed by atoms with Gasteiger partial charge in [0, 0.05) is 19.4 Å². The number of nitrogens with zero attached hydrogens (tertiary/aromatic N) is 1. The van der Waals surface area contributed by atoms with E-state index in [1.54, 1.807) is 0 Å². The quantitative estimate of drug-likeness (QED) is 0.0285. The molecule has 0 aliphatic heterocycles. The lowest BCUT2D eigenvalue weighted by atomic mass is 10.0. The van der Waals surface area contributed by atoms with Gasteiger partial charge >= 0.3 is 19.8 Å². The van der Waals surface area contributed by atoms with Crippen molar-refractivity contribution in [2.75, 3.05) is 40.5 Å². The molecule has 1 N–H and O–H groups in total. The Labute approximate surface area is 319 Å². The zero-order valence-corrected chi connectivity index (χ0v) is 34.6. The number of esters is 2. The molecule has 0 fully saturated rings. The number of rotatable bonds is 38. The van der Waals surface area contributed by atoms with Crippen LogP contribution in [0.15, 0.2) is 36.5 Å².